The van der Waals surface area contributed by atoms with E-state index < -0.39 is 5.95 Å². The molecule has 7 nitrogen and oxygen atoms in total. The Hall–Kier alpha value is -2.23. The molecular formula is C9H12N4O3. The van der Waals surface area contributed by atoms with Crippen molar-refractivity contribution in [3.63, 3.8) is 0 Å². The first-order chi connectivity index (χ1) is 7.56. The Morgan fingerprint density at radius 2 is 2.50 bits per heavy atom. The van der Waals surface area contributed by atoms with Gasteiger partial charge < -0.3 is 19.8 Å². The van der Waals surface area contributed by atoms with Crippen molar-refractivity contribution in [3.8, 4) is 18.3 Å². The molecule has 86 valence electrons. The quantitative estimate of drug-likeness (QED) is 0.492. The second-order valence-electron chi connectivity index (χ2n) is 3.15. The molecule has 16 heavy (non-hydrogen) atoms. The fourth-order valence-corrected chi connectivity index (χ4v) is 1.06. The van der Waals surface area contributed by atoms with Crippen LogP contribution in [0.4, 0.5) is 4.79 Å². The van der Waals surface area contributed by atoms with Crippen molar-refractivity contribution in [3.05, 3.63) is 5.69 Å². The van der Waals surface area contributed by atoms with Crippen LogP contribution in [0.25, 0.3) is 0 Å². The van der Waals surface area contributed by atoms with E-state index in [1.807, 2.05) is 0 Å². The van der Waals surface area contributed by atoms with Gasteiger partial charge in [-0.05, 0) is 0 Å². The lowest BCUT2D eigenvalue weighted by molar-refractivity contribution is -0.746. The van der Waals surface area contributed by atoms with Crippen LogP contribution >= 0.6 is 0 Å². The number of rotatable bonds is 3. The minimum absolute atomic E-state index is 0.106. The van der Waals surface area contributed by atoms with Crippen LogP contribution in [0.15, 0.2) is 4.52 Å². The van der Waals surface area contributed by atoms with Gasteiger partial charge in [0.05, 0.1) is 11.8 Å². The van der Waals surface area contributed by atoms with E-state index in [2.05, 4.69) is 21.0 Å². The second-order valence-corrected chi connectivity index (χ2v) is 3.15. The van der Waals surface area contributed by atoms with Gasteiger partial charge in [0.25, 0.3) is 5.69 Å². The van der Waals surface area contributed by atoms with Gasteiger partial charge in [0, 0.05) is 7.05 Å². The molecule has 0 aromatic carbocycles. The van der Waals surface area contributed by atoms with Crippen LogP contribution in [0.3, 0.4) is 0 Å². The molecule has 1 aromatic heterocycles. The van der Waals surface area contributed by atoms with Gasteiger partial charge in [0.1, 0.15) is 6.54 Å². The maximum Gasteiger partial charge on any atom is 0.318 e. The number of aryl methyl sites for hydroxylation is 1. The van der Waals surface area contributed by atoms with Gasteiger partial charge in [0.15, 0.2) is 13.0 Å². The molecule has 0 bridgehead atoms. The molecule has 0 aliphatic rings. The highest BCUT2D eigenvalue weighted by Gasteiger charge is 2.18. The first kappa shape index (κ1) is 11.8. The zero-order valence-corrected chi connectivity index (χ0v) is 9.06. The van der Waals surface area contributed by atoms with Crippen LogP contribution in [-0.4, -0.2) is 29.8 Å². The van der Waals surface area contributed by atoms with E-state index in [9.17, 15) is 9.90 Å². The SMILES string of the molecule is C#CCNC(=O)N(C)Cc1c([O-])on[n+]1C. The Bertz CT molecular complexity index is 401. The van der Waals surface area contributed by atoms with Gasteiger partial charge >= 0.3 is 6.03 Å². The molecule has 1 rings (SSSR count). The lowest BCUT2D eigenvalue weighted by Gasteiger charge is -2.14. The summed E-state index contributed by atoms with van der Waals surface area (Å²) >= 11 is 0. The fourth-order valence-electron chi connectivity index (χ4n) is 1.06. The average Bonchev–Trinajstić information content (AvgIpc) is 2.57. The van der Waals surface area contributed by atoms with E-state index >= 15 is 0 Å². The predicted molar refractivity (Wildman–Crippen MR) is 50.8 cm³/mol. The van der Waals surface area contributed by atoms with Crippen molar-refractivity contribution < 1.29 is 19.1 Å². The van der Waals surface area contributed by atoms with Gasteiger partial charge in [-0.2, -0.15) is 0 Å². The summed E-state index contributed by atoms with van der Waals surface area (Å²) in [7, 11) is 3.10. The molecule has 0 unspecified atom stereocenters. The standard InChI is InChI=1S/C9H12N4O3/c1-4-5-10-9(15)12(2)6-7-8(14)16-11-13(7)3/h1H,5-6H2,2-3H3,(H-,10,11,14,15). The van der Waals surface area contributed by atoms with Crippen molar-refractivity contribution in [2.75, 3.05) is 13.6 Å². The van der Waals surface area contributed by atoms with Crippen LogP contribution in [-0.2, 0) is 13.6 Å². The van der Waals surface area contributed by atoms with Crippen LogP contribution in [0.1, 0.15) is 5.69 Å². The van der Waals surface area contributed by atoms with Crippen LogP contribution in [0.5, 0.6) is 5.95 Å². The first-order valence-electron chi connectivity index (χ1n) is 4.50. The van der Waals surface area contributed by atoms with Crippen molar-refractivity contribution in [2.45, 2.75) is 6.54 Å². The second kappa shape index (κ2) is 5.02. The smallest absolute Gasteiger partial charge is 0.318 e. The molecule has 0 aliphatic carbocycles. The maximum atomic E-state index is 11.4. The van der Waals surface area contributed by atoms with E-state index in [0.29, 0.717) is 5.69 Å². The van der Waals surface area contributed by atoms with Crippen molar-refractivity contribution in [1.82, 2.24) is 15.5 Å². The molecule has 0 spiro atoms. The maximum absolute atomic E-state index is 11.4. The number of hydrogen-bond donors (Lipinski definition) is 1. The van der Waals surface area contributed by atoms with Crippen molar-refractivity contribution >= 4 is 6.03 Å². The lowest BCUT2D eigenvalue weighted by Crippen LogP contribution is -2.42. The molecular weight excluding hydrogens is 212 g/mol. The number of amides is 2. The molecule has 2 amide bonds. The Morgan fingerprint density at radius 1 is 1.81 bits per heavy atom. The third kappa shape index (κ3) is 2.63. The van der Waals surface area contributed by atoms with Crippen LogP contribution in [0, 0.1) is 12.3 Å². The number of urea groups is 1. The Labute approximate surface area is 92.6 Å². The molecule has 0 saturated carbocycles. The number of nitrogens with zero attached hydrogens (tertiary/aromatic N) is 3. The van der Waals surface area contributed by atoms with Gasteiger partial charge in [-0.15, -0.1) is 6.42 Å². The number of terminal acetylenes is 1. The van der Waals surface area contributed by atoms with Crippen molar-refractivity contribution in [2.24, 2.45) is 7.05 Å². The van der Waals surface area contributed by atoms with E-state index in [1.54, 1.807) is 7.05 Å². The zero-order chi connectivity index (χ0) is 12.1. The molecule has 7 heteroatoms. The van der Waals surface area contributed by atoms with E-state index in [-0.39, 0.29) is 19.1 Å². The van der Waals surface area contributed by atoms with E-state index in [0.717, 1.165) is 0 Å². The molecule has 0 fully saturated rings. The summed E-state index contributed by atoms with van der Waals surface area (Å²) < 4.78 is 5.71. The third-order valence-electron chi connectivity index (χ3n) is 1.95. The van der Waals surface area contributed by atoms with Gasteiger partial charge in [-0.3, -0.25) is 0 Å². The highest BCUT2D eigenvalue weighted by atomic mass is 16.6. The largest absolute Gasteiger partial charge is 0.539 e. The Kier molecular flexibility index (Phi) is 3.72. The van der Waals surface area contributed by atoms with Crippen LogP contribution in [0.2, 0.25) is 0 Å². The highest BCUT2D eigenvalue weighted by Crippen LogP contribution is 2.08. The van der Waals surface area contributed by atoms with Gasteiger partial charge in [0.2, 0.25) is 0 Å². The number of carbonyl (C=O) groups excluding carboxylic acids is 1. The van der Waals surface area contributed by atoms with Gasteiger partial charge in [-0.1, -0.05) is 10.6 Å². The fraction of sp³-hybridized carbons (Fsp3) is 0.444. The minimum atomic E-state index is -0.556. The Balaban J connectivity index is 2.61. The summed E-state index contributed by atoms with van der Waals surface area (Å²) in [6.45, 7) is 0.248. The highest BCUT2D eigenvalue weighted by molar-refractivity contribution is 5.74. The van der Waals surface area contributed by atoms with Crippen molar-refractivity contribution in [1.29, 1.82) is 0 Å². The third-order valence-corrected chi connectivity index (χ3v) is 1.95. The van der Waals surface area contributed by atoms with E-state index in [1.165, 1.54) is 16.6 Å². The molecule has 0 saturated heterocycles. The number of aromatic nitrogens is 2. The molecule has 1 heterocycles. The molecule has 1 N–H and O–H groups in total. The first-order valence-corrected chi connectivity index (χ1v) is 4.50. The molecule has 0 aliphatic heterocycles. The summed E-state index contributed by atoms with van der Waals surface area (Å²) in [6.07, 6.45) is 5.00. The summed E-state index contributed by atoms with van der Waals surface area (Å²) in [4.78, 5) is 12.7. The number of nitrogens with one attached hydrogen (secondary N) is 1. The molecule has 1 aromatic rings. The summed E-state index contributed by atoms with van der Waals surface area (Å²) in [5.74, 6) is 1.72. The van der Waals surface area contributed by atoms with Gasteiger partial charge in [-0.25, -0.2) is 4.79 Å². The van der Waals surface area contributed by atoms with E-state index in [4.69, 9.17) is 6.42 Å². The molecule has 0 radical (unpaired) electrons. The minimum Gasteiger partial charge on any atom is -0.539 e. The van der Waals surface area contributed by atoms with Crippen LogP contribution < -0.4 is 15.1 Å². The number of carbonyl (C=O) groups is 1. The average molecular weight is 224 g/mol. The zero-order valence-electron chi connectivity index (χ0n) is 9.06. The normalized spacial score (nSPS) is 9.56. The molecule has 0 atom stereocenters. The number of hydrogen-bond acceptors (Lipinski definition) is 4. The monoisotopic (exact) mass is 224 g/mol. The summed E-state index contributed by atoms with van der Waals surface area (Å²) in [5, 5.41) is 17.1. The predicted octanol–water partition coefficient (Wildman–Crippen LogP) is -1.65. The Morgan fingerprint density at radius 3 is 3.00 bits per heavy atom. The lowest BCUT2D eigenvalue weighted by atomic mass is 10.4. The summed E-state index contributed by atoms with van der Waals surface area (Å²) in [6, 6.07) is -0.362. The topological polar surface area (TPSA) is 85.3 Å². The summed E-state index contributed by atoms with van der Waals surface area (Å²) in [5.41, 5.74) is 0.290.